The first-order valence-corrected chi connectivity index (χ1v) is 8.90. The molecule has 0 heterocycles. The number of halogens is 1. The van der Waals surface area contributed by atoms with E-state index in [-0.39, 0.29) is 0 Å². The average molecular weight is 330 g/mol. The van der Waals surface area contributed by atoms with E-state index in [4.69, 9.17) is 0 Å². The maximum Gasteiger partial charge on any atom is 0.0292 e. The Balaban J connectivity index is 2.12. The van der Waals surface area contributed by atoms with Gasteiger partial charge in [0.05, 0.1) is 0 Å². The highest BCUT2D eigenvalue weighted by Crippen LogP contribution is 2.17. The fourth-order valence-electron chi connectivity index (χ4n) is 1.94. The number of rotatable bonds is 9. The Morgan fingerprint density at radius 3 is 2.72 bits per heavy atom. The lowest BCUT2D eigenvalue weighted by atomic mass is 10.1. The third kappa shape index (κ3) is 6.81. The minimum absolute atomic E-state index is 0.439. The Bertz CT molecular complexity index is 330. The first-order valence-electron chi connectivity index (χ1n) is 6.72. The minimum Gasteiger partial charge on any atom is -0.310 e. The van der Waals surface area contributed by atoms with Crippen LogP contribution in [-0.4, -0.2) is 18.6 Å². The van der Waals surface area contributed by atoms with Gasteiger partial charge in [-0.3, -0.25) is 0 Å². The van der Waals surface area contributed by atoms with Crippen LogP contribution in [0.5, 0.6) is 0 Å². The van der Waals surface area contributed by atoms with Gasteiger partial charge in [0.2, 0.25) is 0 Å². The van der Waals surface area contributed by atoms with Crippen molar-refractivity contribution in [2.24, 2.45) is 0 Å². The molecule has 18 heavy (non-hydrogen) atoms. The van der Waals surface area contributed by atoms with E-state index in [1.807, 2.05) is 11.8 Å². The van der Waals surface area contributed by atoms with Crippen LogP contribution < -0.4 is 5.32 Å². The Labute approximate surface area is 124 Å². The lowest BCUT2D eigenvalue weighted by Crippen LogP contribution is -2.19. The van der Waals surface area contributed by atoms with Crippen molar-refractivity contribution in [3.63, 3.8) is 0 Å². The zero-order chi connectivity index (χ0) is 13.2. The van der Waals surface area contributed by atoms with Gasteiger partial charge in [0.25, 0.3) is 0 Å². The molecule has 0 bridgehead atoms. The highest BCUT2D eigenvalue weighted by Gasteiger charge is 2.04. The van der Waals surface area contributed by atoms with E-state index in [2.05, 4.69) is 58.7 Å². The summed E-state index contributed by atoms with van der Waals surface area (Å²) in [6, 6.07) is 8.98. The monoisotopic (exact) mass is 329 g/mol. The number of nitrogens with one attached hydrogen (secondary N) is 1. The smallest absolute Gasteiger partial charge is 0.0292 e. The van der Waals surface area contributed by atoms with Gasteiger partial charge in [-0.05, 0) is 56.0 Å². The fourth-order valence-corrected chi connectivity index (χ4v) is 2.85. The number of benzene rings is 1. The van der Waals surface area contributed by atoms with Crippen molar-refractivity contribution in [3.8, 4) is 0 Å². The fraction of sp³-hybridized carbons (Fsp3) is 0.600. The Kier molecular flexibility index (Phi) is 8.82. The predicted molar refractivity (Wildman–Crippen MR) is 87.4 cm³/mol. The van der Waals surface area contributed by atoms with E-state index in [0.29, 0.717) is 6.04 Å². The van der Waals surface area contributed by atoms with Gasteiger partial charge in [-0.1, -0.05) is 40.9 Å². The summed E-state index contributed by atoms with van der Waals surface area (Å²) >= 11 is 5.47. The molecule has 1 N–H and O–H groups in total. The van der Waals surface area contributed by atoms with Gasteiger partial charge in [-0.25, -0.2) is 0 Å². The molecule has 1 aromatic rings. The number of thioether (sulfide) groups is 1. The molecule has 0 aliphatic rings. The van der Waals surface area contributed by atoms with Gasteiger partial charge >= 0.3 is 0 Å². The molecule has 0 aliphatic carbocycles. The third-order valence-corrected chi connectivity index (χ3v) is 4.26. The molecule has 0 aromatic heterocycles. The maximum atomic E-state index is 3.59. The molecule has 1 rings (SSSR count). The third-order valence-electron chi connectivity index (χ3n) is 3.07. The first kappa shape index (κ1) is 16.1. The van der Waals surface area contributed by atoms with Crippen LogP contribution in [0.2, 0.25) is 0 Å². The number of hydrogen-bond acceptors (Lipinski definition) is 2. The van der Waals surface area contributed by atoms with Crippen LogP contribution in [0.1, 0.15) is 44.2 Å². The molecule has 102 valence electrons. The molecular weight excluding hydrogens is 306 g/mol. The highest BCUT2D eigenvalue weighted by molar-refractivity contribution is 9.10. The molecule has 1 atom stereocenters. The second kappa shape index (κ2) is 9.88. The van der Waals surface area contributed by atoms with Crippen LogP contribution in [0.4, 0.5) is 0 Å². The molecule has 1 aromatic carbocycles. The summed E-state index contributed by atoms with van der Waals surface area (Å²) in [5.74, 6) is 1.31. The molecule has 1 unspecified atom stereocenters. The second-order valence-electron chi connectivity index (χ2n) is 4.64. The standard InChI is InChI=1S/C15H24BrNS/c1-13(14-8-7-9-15(16)12-14)17-10-5-3-4-6-11-18-2/h7-9,12-13,17H,3-6,10-11H2,1-2H3. The Hall–Kier alpha value is 0.01000. The van der Waals surface area contributed by atoms with E-state index in [0.717, 1.165) is 11.0 Å². The number of unbranched alkanes of at least 4 members (excludes halogenated alkanes) is 3. The summed E-state index contributed by atoms with van der Waals surface area (Å²) < 4.78 is 1.16. The van der Waals surface area contributed by atoms with Gasteiger partial charge in [0, 0.05) is 10.5 Å². The van der Waals surface area contributed by atoms with Crippen LogP contribution in [-0.2, 0) is 0 Å². The molecule has 0 radical (unpaired) electrons. The maximum absolute atomic E-state index is 3.59. The lowest BCUT2D eigenvalue weighted by molar-refractivity contribution is 0.537. The molecule has 0 saturated carbocycles. The van der Waals surface area contributed by atoms with E-state index < -0.39 is 0 Å². The highest BCUT2D eigenvalue weighted by atomic mass is 79.9. The van der Waals surface area contributed by atoms with Crippen LogP contribution in [0.25, 0.3) is 0 Å². The summed E-state index contributed by atoms with van der Waals surface area (Å²) in [4.78, 5) is 0. The average Bonchev–Trinajstić information content (AvgIpc) is 2.37. The zero-order valence-corrected chi connectivity index (χ0v) is 13.8. The van der Waals surface area contributed by atoms with Gasteiger partial charge in [-0.2, -0.15) is 11.8 Å². The van der Waals surface area contributed by atoms with E-state index in [9.17, 15) is 0 Å². The second-order valence-corrected chi connectivity index (χ2v) is 6.54. The van der Waals surface area contributed by atoms with Crippen molar-refractivity contribution >= 4 is 27.7 Å². The van der Waals surface area contributed by atoms with Gasteiger partial charge in [0.1, 0.15) is 0 Å². The summed E-state index contributed by atoms with van der Waals surface area (Å²) in [5, 5.41) is 3.59. The van der Waals surface area contributed by atoms with Crippen molar-refractivity contribution in [3.05, 3.63) is 34.3 Å². The topological polar surface area (TPSA) is 12.0 Å². The molecule has 0 spiro atoms. The van der Waals surface area contributed by atoms with Crippen molar-refractivity contribution in [2.75, 3.05) is 18.6 Å². The van der Waals surface area contributed by atoms with Crippen molar-refractivity contribution in [2.45, 2.75) is 38.6 Å². The summed E-state index contributed by atoms with van der Waals surface area (Å²) in [7, 11) is 0. The van der Waals surface area contributed by atoms with Crippen molar-refractivity contribution in [1.82, 2.24) is 5.32 Å². The number of hydrogen-bond donors (Lipinski definition) is 1. The molecule has 0 amide bonds. The lowest BCUT2D eigenvalue weighted by Gasteiger charge is -2.14. The summed E-state index contributed by atoms with van der Waals surface area (Å²) in [5.41, 5.74) is 1.35. The first-order chi connectivity index (χ1) is 8.74. The van der Waals surface area contributed by atoms with Crippen LogP contribution >= 0.6 is 27.7 Å². The molecular formula is C15H24BrNS. The molecule has 0 saturated heterocycles. The van der Waals surface area contributed by atoms with Gasteiger partial charge in [0.15, 0.2) is 0 Å². The van der Waals surface area contributed by atoms with Crippen LogP contribution in [0, 0.1) is 0 Å². The van der Waals surface area contributed by atoms with Crippen LogP contribution in [0.3, 0.4) is 0 Å². The van der Waals surface area contributed by atoms with Gasteiger partial charge in [-0.15, -0.1) is 0 Å². The molecule has 0 aliphatic heterocycles. The molecule has 0 fully saturated rings. The normalized spacial score (nSPS) is 12.6. The molecule has 1 nitrogen and oxygen atoms in total. The Morgan fingerprint density at radius 2 is 2.00 bits per heavy atom. The van der Waals surface area contributed by atoms with E-state index in [1.54, 1.807) is 0 Å². The minimum atomic E-state index is 0.439. The van der Waals surface area contributed by atoms with Crippen LogP contribution in [0.15, 0.2) is 28.7 Å². The quantitative estimate of drug-likeness (QED) is 0.638. The largest absolute Gasteiger partial charge is 0.310 e. The molecule has 3 heteroatoms. The van der Waals surface area contributed by atoms with Gasteiger partial charge < -0.3 is 5.32 Å². The Morgan fingerprint density at radius 1 is 1.22 bits per heavy atom. The summed E-state index contributed by atoms with van der Waals surface area (Å²) in [6.07, 6.45) is 7.54. The van der Waals surface area contributed by atoms with Crippen molar-refractivity contribution in [1.29, 1.82) is 0 Å². The zero-order valence-electron chi connectivity index (χ0n) is 11.4. The SMILES string of the molecule is CSCCCCCCNC(C)c1cccc(Br)c1. The van der Waals surface area contributed by atoms with E-state index in [1.165, 1.54) is 37.0 Å². The summed E-state index contributed by atoms with van der Waals surface area (Å²) in [6.45, 7) is 3.35. The van der Waals surface area contributed by atoms with E-state index >= 15 is 0 Å². The van der Waals surface area contributed by atoms with Crippen molar-refractivity contribution < 1.29 is 0 Å². The predicted octanol–water partition coefficient (Wildman–Crippen LogP) is 5.02.